The van der Waals surface area contributed by atoms with E-state index in [1.807, 2.05) is 34.9 Å². The van der Waals surface area contributed by atoms with Crippen molar-refractivity contribution in [2.24, 2.45) is 0 Å². The van der Waals surface area contributed by atoms with Crippen molar-refractivity contribution in [1.82, 2.24) is 0 Å². The lowest BCUT2D eigenvalue weighted by molar-refractivity contribution is 1.36. The highest BCUT2D eigenvalue weighted by Crippen LogP contribution is 2.56. The van der Waals surface area contributed by atoms with E-state index < -0.39 is 0 Å². The van der Waals surface area contributed by atoms with E-state index in [1.54, 1.807) is 0 Å². The van der Waals surface area contributed by atoms with Gasteiger partial charge in [0.05, 0.1) is 4.58 Å². The van der Waals surface area contributed by atoms with Crippen LogP contribution in [0.3, 0.4) is 0 Å². The summed E-state index contributed by atoms with van der Waals surface area (Å²) in [4.78, 5) is 2.82. The maximum absolute atomic E-state index is 2.28. The highest BCUT2D eigenvalue weighted by molar-refractivity contribution is 8.16. The van der Waals surface area contributed by atoms with Gasteiger partial charge >= 0.3 is 0 Å². The minimum absolute atomic E-state index is 0.412. The number of hydrogen-bond acceptors (Lipinski definition) is 3. The van der Waals surface area contributed by atoms with Gasteiger partial charge in [-0.15, -0.1) is 34.9 Å². The third-order valence-corrected chi connectivity index (χ3v) is 7.84. The predicted octanol–water partition coefficient (Wildman–Crippen LogP) is 6.95. The van der Waals surface area contributed by atoms with Crippen molar-refractivity contribution >= 4 is 55.0 Å². The van der Waals surface area contributed by atoms with Gasteiger partial charge in [-0.05, 0) is 29.8 Å². The van der Waals surface area contributed by atoms with Gasteiger partial charge in [-0.1, -0.05) is 42.5 Å². The Hall–Kier alpha value is -1.42. The molecular formula is C19H12S3. The van der Waals surface area contributed by atoms with Crippen molar-refractivity contribution in [1.29, 1.82) is 0 Å². The van der Waals surface area contributed by atoms with Gasteiger partial charge in [-0.2, -0.15) is 0 Å². The van der Waals surface area contributed by atoms with Crippen LogP contribution >= 0.6 is 34.9 Å². The molecule has 1 aromatic heterocycles. The van der Waals surface area contributed by atoms with Crippen LogP contribution in [-0.4, -0.2) is 0 Å². The lowest BCUT2D eigenvalue weighted by atomic mass is 10.1. The minimum atomic E-state index is 0.412. The molecule has 0 unspecified atom stereocenters. The molecular weight excluding hydrogens is 324 g/mol. The van der Waals surface area contributed by atoms with Crippen molar-refractivity contribution in [2.45, 2.75) is 14.4 Å². The topological polar surface area (TPSA) is 0 Å². The van der Waals surface area contributed by atoms with Crippen LogP contribution in [0, 0.1) is 0 Å². The van der Waals surface area contributed by atoms with Gasteiger partial charge in [0.1, 0.15) is 0 Å². The predicted molar refractivity (Wildman–Crippen MR) is 100 cm³/mol. The summed E-state index contributed by atoms with van der Waals surface area (Å²) in [6.07, 6.45) is 0. The molecule has 0 saturated carbocycles. The molecule has 1 aliphatic heterocycles. The summed E-state index contributed by atoms with van der Waals surface area (Å²) in [5.41, 5.74) is 1.39. The Morgan fingerprint density at radius 1 is 0.591 bits per heavy atom. The molecule has 5 rings (SSSR count). The maximum Gasteiger partial charge on any atom is 0.0846 e. The summed E-state index contributed by atoms with van der Waals surface area (Å²) in [5, 5.41) is 2.91. The quantitative estimate of drug-likeness (QED) is 0.369. The van der Waals surface area contributed by atoms with Gasteiger partial charge in [0.25, 0.3) is 0 Å². The summed E-state index contributed by atoms with van der Waals surface area (Å²) < 4.78 is 3.22. The Balaban J connectivity index is 1.81. The van der Waals surface area contributed by atoms with Crippen LogP contribution in [0.25, 0.3) is 20.2 Å². The van der Waals surface area contributed by atoms with Gasteiger partial charge in [-0.3, -0.25) is 0 Å². The number of benzene rings is 3. The van der Waals surface area contributed by atoms with Gasteiger partial charge in [-0.25, -0.2) is 0 Å². The molecule has 1 aliphatic rings. The summed E-state index contributed by atoms with van der Waals surface area (Å²) in [6, 6.07) is 24.3. The van der Waals surface area contributed by atoms with Crippen LogP contribution < -0.4 is 0 Å². The first-order chi connectivity index (χ1) is 10.9. The molecule has 0 bridgehead atoms. The van der Waals surface area contributed by atoms with E-state index in [9.17, 15) is 0 Å². The molecule has 3 heteroatoms. The monoisotopic (exact) mass is 336 g/mol. The summed E-state index contributed by atoms with van der Waals surface area (Å²) >= 11 is 5.88. The van der Waals surface area contributed by atoms with Crippen molar-refractivity contribution in [3.8, 4) is 0 Å². The SMILES string of the molecule is c1ccc(C2Sc3cccc4sc5cccc(c5c34)S2)cc1. The minimum Gasteiger partial charge on any atom is -0.135 e. The van der Waals surface area contributed by atoms with E-state index in [0.29, 0.717) is 4.58 Å². The lowest BCUT2D eigenvalue weighted by Crippen LogP contribution is -1.87. The smallest absolute Gasteiger partial charge is 0.0846 e. The molecule has 0 nitrogen and oxygen atoms in total. The zero-order valence-corrected chi connectivity index (χ0v) is 14.1. The second-order valence-corrected chi connectivity index (χ2v) is 9.01. The number of thioether (sulfide) groups is 2. The Morgan fingerprint density at radius 2 is 1.18 bits per heavy atom. The Kier molecular flexibility index (Phi) is 3.00. The van der Waals surface area contributed by atoms with Crippen molar-refractivity contribution in [3.63, 3.8) is 0 Å². The van der Waals surface area contributed by atoms with Crippen LogP contribution in [0.15, 0.2) is 76.5 Å². The van der Waals surface area contributed by atoms with Gasteiger partial charge in [0, 0.05) is 30.0 Å². The van der Waals surface area contributed by atoms with Crippen LogP contribution in [0.2, 0.25) is 0 Å². The second-order valence-electron chi connectivity index (χ2n) is 5.34. The average Bonchev–Trinajstić information content (AvgIpc) is 2.85. The van der Waals surface area contributed by atoms with Crippen molar-refractivity contribution in [2.75, 3.05) is 0 Å². The zero-order chi connectivity index (χ0) is 14.5. The van der Waals surface area contributed by atoms with Crippen LogP contribution in [0.5, 0.6) is 0 Å². The van der Waals surface area contributed by atoms with Crippen molar-refractivity contribution < 1.29 is 0 Å². The first kappa shape index (κ1) is 13.1. The van der Waals surface area contributed by atoms with E-state index >= 15 is 0 Å². The first-order valence-corrected chi connectivity index (χ1v) is 9.80. The molecule has 0 fully saturated rings. The molecule has 0 saturated heterocycles. The molecule has 0 aliphatic carbocycles. The van der Waals surface area contributed by atoms with Crippen LogP contribution in [-0.2, 0) is 0 Å². The zero-order valence-electron chi connectivity index (χ0n) is 11.7. The van der Waals surface area contributed by atoms with Crippen molar-refractivity contribution in [3.05, 3.63) is 72.3 Å². The van der Waals surface area contributed by atoms with E-state index in [1.165, 1.54) is 35.5 Å². The third kappa shape index (κ3) is 1.93. The first-order valence-electron chi connectivity index (χ1n) is 7.23. The van der Waals surface area contributed by atoms with Crippen LogP contribution in [0.1, 0.15) is 10.1 Å². The number of rotatable bonds is 1. The van der Waals surface area contributed by atoms with E-state index in [-0.39, 0.29) is 0 Å². The molecule has 0 radical (unpaired) electrons. The lowest BCUT2D eigenvalue weighted by Gasteiger charge is -2.15. The summed E-state index contributed by atoms with van der Waals surface area (Å²) in [6.45, 7) is 0. The van der Waals surface area contributed by atoms with Gasteiger partial charge in [0.15, 0.2) is 0 Å². The third-order valence-electron chi connectivity index (χ3n) is 3.99. The molecule has 3 aromatic carbocycles. The molecule has 106 valence electrons. The molecule has 0 atom stereocenters. The van der Waals surface area contributed by atoms with Gasteiger partial charge in [0.2, 0.25) is 0 Å². The fraction of sp³-hybridized carbons (Fsp3) is 0.0526. The number of hydrogen-bond donors (Lipinski definition) is 0. The molecule has 0 N–H and O–H groups in total. The summed E-state index contributed by atoms with van der Waals surface area (Å²) in [5.74, 6) is 0. The standard InChI is InChI=1S/C19H12S3/c1-2-6-12(7-3-1)19-21-15-10-4-8-13-17(15)18-14(20-13)9-5-11-16(18)22-19/h1-11,19H. The average molecular weight is 337 g/mol. The second kappa shape index (κ2) is 5.05. The maximum atomic E-state index is 2.28. The largest absolute Gasteiger partial charge is 0.135 e. The fourth-order valence-electron chi connectivity index (χ4n) is 3.00. The Morgan fingerprint density at radius 3 is 1.77 bits per heavy atom. The molecule has 0 spiro atoms. The number of thiophene rings is 1. The normalized spacial score (nSPS) is 14.7. The highest BCUT2D eigenvalue weighted by atomic mass is 32.2. The van der Waals surface area contributed by atoms with E-state index in [2.05, 4.69) is 66.7 Å². The Bertz CT molecular complexity index is 925. The van der Waals surface area contributed by atoms with Crippen LogP contribution in [0.4, 0.5) is 0 Å². The molecule has 22 heavy (non-hydrogen) atoms. The Labute approximate surface area is 141 Å². The fourth-order valence-corrected chi connectivity index (χ4v) is 7.12. The van der Waals surface area contributed by atoms with E-state index in [0.717, 1.165) is 0 Å². The molecule has 2 heterocycles. The van der Waals surface area contributed by atoms with E-state index in [4.69, 9.17) is 0 Å². The molecule has 4 aromatic rings. The summed E-state index contributed by atoms with van der Waals surface area (Å²) in [7, 11) is 0. The molecule has 0 amide bonds. The highest BCUT2D eigenvalue weighted by Gasteiger charge is 2.23. The van der Waals surface area contributed by atoms with Gasteiger partial charge < -0.3 is 0 Å².